The second kappa shape index (κ2) is 7.56. The largest absolute Gasteiger partial charge is 0.480 e. The number of aryl methyl sites for hydroxylation is 1. The van der Waals surface area contributed by atoms with Crippen molar-refractivity contribution in [2.75, 3.05) is 7.11 Å². The molecule has 0 fully saturated rings. The highest BCUT2D eigenvalue weighted by molar-refractivity contribution is 7.89. The van der Waals surface area contributed by atoms with Gasteiger partial charge in [0.1, 0.15) is 6.04 Å². The second-order valence-corrected chi connectivity index (χ2v) is 7.32. The number of carboxylic acids is 1. The molecule has 0 radical (unpaired) electrons. The van der Waals surface area contributed by atoms with E-state index in [1.165, 1.54) is 25.3 Å². The lowest BCUT2D eigenvalue weighted by atomic mass is 10.1. The van der Waals surface area contributed by atoms with Gasteiger partial charge in [-0.25, -0.2) is 13.2 Å². The lowest BCUT2D eigenvalue weighted by Crippen LogP contribution is -2.41. The smallest absolute Gasteiger partial charge is 0.338 e. The zero-order valence-corrected chi connectivity index (χ0v) is 14.3. The summed E-state index contributed by atoms with van der Waals surface area (Å²) in [6, 6.07) is 2.69. The van der Waals surface area contributed by atoms with Crippen molar-refractivity contribution in [2.24, 2.45) is 5.92 Å². The minimum absolute atomic E-state index is 0.0160. The summed E-state index contributed by atoms with van der Waals surface area (Å²) in [7, 11) is -2.77. The van der Waals surface area contributed by atoms with Crippen LogP contribution in [-0.2, 0) is 19.6 Å². The highest BCUT2D eigenvalue weighted by atomic mass is 32.2. The molecule has 0 aliphatic rings. The number of nitrogens with one attached hydrogen (secondary N) is 1. The number of hydrogen-bond donors (Lipinski definition) is 2. The molecule has 1 atom stereocenters. The average molecular weight is 343 g/mol. The summed E-state index contributed by atoms with van der Waals surface area (Å²) in [6.45, 7) is 5.19. The third kappa shape index (κ3) is 5.04. The van der Waals surface area contributed by atoms with Crippen LogP contribution in [0.1, 0.15) is 36.2 Å². The zero-order chi connectivity index (χ0) is 17.8. The maximum absolute atomic E-state index is 12.3. The van der Waals surface area contributed by atoms with Crippen LogP contribution in [0.5, 0.6) is 0 Å². The third-order valence-electron chi connectivity index (χ3n) is 3.22. The number of sulfonamides is 1. The fraction of sp³-hybridized carbons (Fsp3) is 0.467. The van der Waals surface area contributed by atoms with Crippen LogP contribution >= 0.6 is 0 Å². The van der Waals surface area contributed by atoms with Gasteiger partial charge in [-0.1, -0.05) is 13.8 Å². The summed E-state index contributed by atoms with van der Waals surface area (Å²) in [5, 5.41) is 9.15. The number of rotatable bonds is 7. The van der Waals surface area contributed by atoms with Gasteiger partial charge in [0, 0.05) is 0 Å². The van der Waals surface area contributed by atoms with Gasteiger partial charge in [0.2, 0.25) is 10.0 Å². The maximum atomic E-state index is 12.3. The SMILES string of the molecule is COC(=O)c1ccc(S(=O)(=O)NC(CC(C)C)C(=O)O)cc1C. The van der Waals surface area contributed by atoms with E-state index in [0.717, 1.165) is 0 Å². The van der Waals surface area contributed by atoms with Crippen LogP contribution in [-0.4, -0.2) is 38.6 Å². The molecule has 0 spiro atoms. The molecule has 0 heterocycles. The Morgan fingerprint density at radius 1 is 1.30 bits per heavy atom. The molecule has 0 amide bonds. The van der Waals surface area contributed by atoms with Crippen molar-refractivity contribution in [3.8, 4) is 0 Å². The third-order valence-corrected chi connectivity index (χ3v) is 4.69. The second-order valence-electron chi connectivity index (χ2n) is 5.61. The van der Waals surface area contributed by atoms with Crippen molar-refractivity contribution < 1.29 is 27.9 Å². The first-order chi connectivity index (χ1) is 10.6. The normalized spacial score (nSPS) is 12.9. The van der Waals surface area contributed by atoms with E-state index in [1.807, 2.05) is 0 Å². The number of benzene rings is 1. The van der Waals surface area contributed by atoms with Crippen LogP contribution in [0, 0.1) is 12.8 Å². The number of carbonyl (C=O) groups excluding carboxylic acids is 1. The standard InChI is InChI=1S/C15H21NO6S/c1-9(2)7-13(14(17)18)16-23(20,21)11-5-6-12(10(3)8-11)15(19)22-4/h5-6,8-9,13,16H,7H2,1-4H3,(H,17,18). The first kappa shape index (κ1) is 19.1. The summed E-state index contributed by atoms with van der Waals surface area (Å²) in [5.74, 6) is -1.78. The number of methoxy groups -OCH3 is 1. The van der Waals surface area contributed by atoms with Gasteiger partial charge in [0.15, 0.2) is 0 Å². The molecule has 2 N–H and O–H groups in total. The van der Waals surface area contributed by atoms with Gasteiger partial charge >= 0.3 is 11.9 Å². The maximum Gasteiger partial charge on any atom is 0.338 e. The zero-order valence-electron chi connectivity index (χ0n) is 13.5. The lowest BCUT2D eigenvalue weighted by Gasteiger charge is -2.17. The van der Waals surface area contributed by atoms with Gasteiger partial charge in [-0.15, -0.1) is 0 Å². The van der Waals surface area contributed by atoms with E-state index in [0.29, 0.717) is 5.56 Å². The highest BCUT2D eigenvalue weighted by Crippen LogP contribution is 2.17. The fourth-order valence-corrected chi connectivity index (χ4v) is 3.36. The molecule has 1 aromatic carbocycles. The van der Waals surface area contributed by atoms with E-state index < -0.39 is 28.0 Å². The van der Waals surface area contributed by atoms with Crippen molar-refractivity contribution in [1.82, 2.24) is 4.72 Å². The minimum Gasteiger partial charge on any atom is -0.480 e. The van der Waals surface area contributed by atoms with Crippen molar-refractivity contribution in [1.29, 1.82) is 0 Å². The number of hydrogen-bond acceptors (Lipinski definition) is 5. The number of carbonyl (C=O) groups is 2. The van der Waals surface area contributed by atoms with Crippen molar-refractivity contribution in [3.63, 3.8) is 0 Å². The Balaban J connectivity index is 3.11. The van der Waals surface area contributed by atoms with Crippen LogP contribution in [0.15, 0.2) is 23.1 Å². The predicted octanol–water partition coefficient (Wildman–Crippen LogP) is 1.56. The van der Waals surface area contributed by atoms with Gasteiger partial charge in [0.25, 0.3) is 0 Å². The molecule has 0 saturated heterocycles. The van der Waals surface area contributed by atoms with E-state index in [2.05, 4.69) is 9.46 Å². The molecular formula is C15H21NO6S. The molecule has 128 valence electrons. The molecular weight excluding hydrogens is 322 g/mol. The summed E-state index contributed by atoms with van der Waals surface area (Å²) < 4.78 is 31.5. The molecule has 7 nitrogen and oxygen atoms in total. The predicted molar refractivity (Wildman–Crippen MR) is 83.7 cm³/mol. The van der Waals surface area contributed by atoms with E-state index in [4.69, 9.17) is 5.11 Å². The lowest BCUT2D eigenvalue weighted by molar-refractivity contribution is -0.139. The molecule has 1 unspecified atom stereocenters. The van der Waals surface area contributed by atoms with Crippen LogP contribution in [0.3, 0.4) is 0 Å². The monoisotopic (exact) mass is 343 g/mol. The van der Waals surface area contributed by atoms with Crippen LogP contribution < -0.4 is 4.72 Å². The molecule has 23 heavy (non-hydrogen) atoms. The number of carboxylic acid groups (broad SMARTS) is 1. The van der Waals surface area contributed by atoms with Crippen LogP contribution in [0.4, 0.5) is 0 Å². The molecule has 0 aliphatic carbocycles. The van der Waals surface area contributed by atoms with Crippen LogP contribution in [0.25, 0.3) is 0 Å². The average Bonchev–Trinajstić information content (AvgIpc) is 2.44. The fourth-order valence-electron chi connectivity index (χ4n) is 2.07. The Hall–Kier alpha value is -1.93. The Kier molecular flexibility index (Phi) is 6.28. The quantitative estimate of drug-likeness (QED) is 0.727. The van der Waals surface area contributed by atoms with E-state index in [9.17, 15) is 18.0 Å². The van der Waals surface area contributed by atoms with E-state index in [-0.39, 0.29) is 22.8 Å². The number of ether oxygens (including phenoxy) is 1. The molecule has 1 aromatic rings. The van der Waals surface area contributed by atoms with Gasteiger partial charge in [-0.2, -0.15) is 4.72 Å². The first-order valence-electron chi connectivity index (χ1n) is 7.02. The number of esters is 1. The van der Waals surface area contributed by atoms with Crippen molar-refractivity contribution >= 4 is 22.0 Å². The summed E-state index contributed by atoms with van der Waals surface area (Å²) >= 11 is 0. The molecule has 0 bridgehead atoms. The Labute approximate surface area is 135 Å². The highest BCUT2D eigenvalue weighted by Gasteiger charge is 2.26. The molecule has 0 saturated carbocycles. The van der Waals surface area contributed by atoms with Crippen molar-refractivity contribution in [3.05, 3.63) is 29.3 Å². The van der Waals surface area contributed by atoms with Crippen LogP contribution in [0.2, 0.25) is 0 Å². The van der Waals surface area contributed by atoms with Gasteiger partial charge in [0.05, 0.1) is 17.6 Å². The Bertz CT molecular complexity index is 696. The number of aliphatic carboxylic acids is 1. The van der Waals surface area contributed by atoms with E-state index in [1.54, 1.807) is 20.8 Å². The summed E-state index contributed by atoms with van der Waals surface area (Å²) in [6.07, 6.45) is 0.174. The van der Waals surface area contributed by atoms with Gasteiger partial charge in [-0.3, -0.25) is 4.79 Å². The van der Waals surface area contributed by atoms with Gasteiger partial charge < -0.3 is 9.84 Å². The van der Waals surface area contributed by atoms with Gasteiger partial charge in [-0.05, 0) is 43.0 Å². The molecule has 0 aliphatic heterocycles. The van der Waals surface area contributed by atoms with Crippen molar-refractivity contribution in [2.45, 2.75) is 38.1 Å². The Morgan fingerprint density at radius 2 is 1.91 bits per heavy atom. The molecule has 1 rings (SSSR count). The van der Waals surface area contributed by atoms with E-state index >= 15 is 0 Å². The summed E-state index contributed by atoms with van der Waals surface area (Å²) in [4.78, 5) is 22.6. The summed E-state index contributed by atoms with van der Waals surface area (Å²) in [5.41, 5.74) is 0.680. The first-order valence-corrected chi connectivity index (χ1v) is 8.51. The minimum atomic E-state index is -4.00. The molecule has 0 aromatic heterocycles. The Morgan fingerprint density at radius 3 is 2.35 bits per heavy atom. The topological polar surface area (TPSA) is 110 Å². The molecule has 8 heteroatoms.